The van der Waals surface area contributed by atoms with Gasteiger partial charge in [-0.25, -0.2) is 4.79 Å². The molecule has 4 nitrogen and oxygen atoms in total. The Bertz CT molecular complexity index is 933. The summed E-state index contributed by atoms with van der Waals surface area (Å²) < 4.78 is 11.7. The molecule has 2 aromatic rings. The molecule has 3 rings (SSSR count). The number of rotatable bonds is 3. The molecule has 0 aromatic heterocycles. The third-order valence-electron chi connectivity index (χ3n) is 3.65. The van der Waals surface area contributed by atoms with Crippen molar-refractivity contribution in [1.82, 2.24) is 0 Å². The quantitative estimate of drug-likeness (QED) is 0.336. The second kappa shape index (κ2) is 7.60. The van der Waals surface area contributed by atoms with Crippen LogP contribution >= 0.6 is 31.9 Å². The number of carbonyl (C=O) groups is 2. The molecule has 6 heteroatoms. The lowest BCUT2D eigenvalue weighted by Crippen LogP contribution is -2.03. The highest BCUT2D eigenvalue weighted by Crippen LogP contribution is 2.36. The van der Waals surface area contributed by atoms with Gasteiger partial charge in [0.25, 0.3) is 0 Å². The first kappa shape index (κ1) is 18.6. The second-order valence-corrected chi connectivity index (χ2v) is 7.48. The van der Waals surface area contributed by atoms with Crippen molar-refractivity contribution in [2.45, 2.75) is 13.8 Å². The molecule has 0 bridgehead atoms. The van der Waals surface area contributed by atoms with E-state index in [9.17, 15) is 9.59 Å². The lowest BCUT2D eigenvalue weighted by atomic mass is 10.1. The molecule has 0 atom stereocenters. The van der Waals surface area contributed by atoms with Gasteiger partial charge in [-0.05, 0) is 68.6 Å². The lowest BCUT2D eigenvalue weighted by Gasteiger charge is -2.08. The molecule has 0 spiro atoms. The van der Waals surface area contributed by atoms with Crippen LogP contribution in [0.25, 0.3) is 11.8 Å². The van der Waals surface area contributed by atoms with Gasteiger partial charge in [0.15, 0.2) is 5.75 Å². The van der Waals surface area contributed by atoms with E-state index in [1.54, 1.807) is 24.3 Å². The Balaban J connectivity index is 1.93. The van der Waals surface area contributed by atoms with Crippen molar-refractivity contribution < 1.29 is 19.1 Å². The van der Waals surface area contributed by atoms with E-state index >= 15 is 0 Å². The second-order valence-electron chi connectivity index (χ2n) is 5.77. The van der Waals surface area contributed by atoms with E-state index in [2.05, 4.69) is 31.9 Å². The zero-order valence-electron chi connectivity index (χ0n) is 14.0. The van der Waals surface area contributed by atoms with Crippen molar-refractivity contribution in [3.05, 3.63) is 73.7 Å². The number of carbonyl (C=O) groups excluding carboxylic acids is 2. The van der Waals surface area contributed by atoms with Crippen molar-refractivity contribution in [2.75, 3.05) is 0 Å². The highest BCUT2D eigenvalue weighted by molar-refractivity contribution is 9.11. The van der Waals surface area contributed by atoms with Crippen LogP contribution in [-0.2, 0) is 14.3 Å². The zero-order valence-corrected chi connectivity index (χ0v) is 17.2. The monoisotopic (exact) mass is 476 g/mol. The fourth-order valence-corrected chi connectivity index (χ4v) is 3.82. The molecule has 0 radical (unpaired) electrons. The number of benzene rings is 2. The van der Waals surface area contributed by atoms with Gasteiger partial charge in [-0.15, -0.1) is 0 Å². The largest absolute Gasteiger partial charge is 0.424 e. The SMILES string of the molecule is CC(=O)Oc1c(Br)cc(C=C2C=C(c3ccc(C)cc3)OC2=O)cc1Br. The number of hydrogen-bond donors (Lipinski definition) is 0. The van der Waals surface area contributed by atoms with Crippen LogP contribution in [-0.4, -0.2) is 11.9 Å². The van der Waals surface area contributed by atoms with Crippen LogP contribution in [0.5, 0.6) is 5.75 Å². The number of halogens is 2. The van der Waals surface area contributed by atoms with Gasteiger partial charge in [-0.1, -0.05) is 29.8 Å². The third-order valence-corrected chi connectivity index (χ3v) is 4.83. The molecule has 132 valence electrons. The highest BCUT2D eigenvalue weighted by Gasteiger charge is 2.22. The average molecular weight is 478 g/mol. The third kappa shape index (κ3) is 4.14. The molecule has 0 unspecified atom stereocenters. The summed E-state index contributed by atoms with van der Waals surface area (Å²) in [5, 5.41) is 0. The Hall–Kier alpha value is -2.18. The van der Waals surface area contributed by atoms with E-state index in [-0.39, 0.29) is 0 Å². The van der Waals surface area contributed by atoms with Crippen molar-refractivity contribution in [3.8, 4) is 5.75 Å². The predicted octanol–water partition coefficient (Wildman–Crippen LogP) is 5.43. The van der Waals surface area contributed by atoms with E-state index in [0.29, 0.717) is 26.0 Å². The Morgan fingerprint density at radius 3 is 2.31 bits per heavy atom. The molecule has 26 heavy (non-hydrogen) atoms. The van der Waals surface area contributed by atoms with Crippen LogP contribution in [0.3, 0.4) is 0 Å². The van der Waals surface area contributed by atoms with E-state index in [1.165, 1.54) is 6.92 Å². The summed E-state index contributed by atoms with van der Waals surface area (Å²) in [5.74, 6) is 0.0971. The topological polar surface area (TPSA) is 52.6 Å². The fourth-order valence-electron chi connectivity index (χ4n) is 2.43. The highest BCUT2D eigenvalue weighted by atomic mass is 79.9. The minimum absolute atomic E-state index is 0.393. The maximum Gasteiger partial charge on any atom is 0.343 e. The van der Waals surface area contributed by atoms with Gasteiger partial charge in [0.1, 0.15) is 5.76 Å². The number of esters is 2. The van der Waals surface area contributed by atoms with Crippen LogP contribution < -0.4 is 4.74 Å². The maximum absolute atomic E-state index is 12.2. The number of hydrogen-bond acceptors (Lipinski definition) is 4. The van der Waals surface area contributed by atoms with E-state index in [0.717, 1.165) is 16.7 Å². The standard InChI is InChI=1S/C20H14Br2O4/c1-11-3-5-14(6-4-11)18-10-15(20(24)26-18)7-13-8-16(21)19(17(22)9-13)25-12(2)23/h3-10H,1-2H3. The summed E-state index contributed by atoms with van der Waals surface area (Å²) in [5.41, 5.74) is 3.18. The molecule has 1 aliphatic rings. The van der Waals surface area contributed by atoms with Gasteiger partial charge in [-0.3, -0.25) is 4.79 Å². The zero-order chi connectivity index (χ0) is 18.8. The van der Waals surface area contributed by atoms with Crippen molar-refractivity contribution in [2.24, 2.45) is 0 Å². The van der Waals surface area contributed by atoms with Crippen molar-refractivity contribution >= 4 is 55.6 Å². The summed E-state index contributed by atoms with van der Waals surface area (Å²) in [6, 6.07) is 11.3. The van der Waals surface area contributed by atoms with Crippen LogP contribution in [0.1, 0.15) is 23.6 Å². The predicted molar refractivity (Wildman–Crippen MR) is 106 cm³/mol. The Morgan fingerprint density at radius 1 is 1.12 bits per heavy atom. The van der Waals surface area contributed by atoms with E-state index < -0.39 is 11.9 Å². The molecular formula is C20H14Br2O4. The molecule has 0 saturated carbocycles. The number of cyclic esters (lactones) is 1. The Kier molecular flexibility index (Phi) is 5.44. The smallest absolute Gasteiger partial charge is 0.343 e. The molecule has 0 N–H and O–H groups in total. The van der Waals surface area contributed by atoms with Gasteiger partial charge in [0, 0.05) is 12.5 Å². The molecule has 1 aliphatic heterocycles. The van der Waals surface area contributed by atoms with Crippen molar-refractivity contribution in [1.29, 1.82) is 0 Å². The number of aryl methyl sites for hydroxylation is 1. The van der Waals surface area contributed by atoms with Gasteiger partial charge >= 0.3 is 11.9 Å². The normalized spacial score (nSPS) is 15.0. The molecular weight excluding hydrogens is 464 g/mol. The van der Waals surface area contributed by atoms with E-state index in [1.807, 2.05) is 31.2 Å². The van der Waals surface area contributed by atoms with Gasteiger partial charge < -0.3 is 9.47 Å². The fraction of sp³-hybridized carbons (Fsp3) is 0.100. The van der Waals surface area contributed by atoms with Crippen LogP contribution in [0.15, 0.2) is 57.0 Å². The Labute approximate surface area is 167 Å². The lowest BCUT2D eigenvalue weighted by molar-refractivity contribution is -0.132. The maximum atomic E-state index is 12.2. The Morgan fingerprint density at radius 2 is 1.73 bits per heavy atom. The molecule has 0 saturated heterocycles. The molecule has 1 heterocycles. The van der Waals surface area contributed by atoms with Crippen molar-refractivity contribution in [3.63, 3.8) is 0 Å². The number of ether oxygens (including phenoxy) is 2. The molecule has 0 amide bonds. The van der Waals surface area contributed by atoms with Gasteiger partial charge in [-0.2, -0.15) is 0 Å². The van der Waals surface area contributed by atoms with Crippen LogP contribution in [0.4, 0.5) is 0 Å². The first-order valence-corrected chi connectivity index (χ1v) is 9.32. The van der Waals surface area contributed by atoms with Crippen LogP contribution in [0, 0.1) is 6.92 Å². The van der Waals surface area contributed by atoms with E-state index in [4.69, 9.17) is 9.47 Å². The average Bonchev–Trinajstić information content (AvgIpc) is 2.92. The van der Waals surface area contributed by atoms with Crippen LogP contribution in [0.2, 0.25) is 0 Å². The van der Waals surface area contributed by atoms with Gasteiger partial charge in [0.05, 0.1) is 14.5 Å². The summed E-state index contributed by atoms with van der Waals surface area (Å²) in [7, 11) is 0. The summed E-state index contributed by atoms with van der Waals surface area (Å²) in [6.45, 7) is 3.33. The first-order chi connectivity index (χ1) is 12.3. The molecule has 0 aliphatic carbocycles. The summed E-state index contributed by atoms with van der Waals surface area (Å²) in [6.07, 6.45) is 3.44. The minimum Gasteiger partial charge on any atom is -0.424 e. The summed E-state index contributed by atoms with van der Waals surface area (Å²) >= 11 is 6.76. The molecule has 0 fully saturated rings. The first-order valence-electron chi connectivity index (χ1n) is 7.73. The van der Waals surface area contributed by atoms with Gasteiger partial charge in [0.2, 0.25) is 0 Å². The minimum atomic E-state index is -0.414. The summed E-state index contributed by atoms with van der Waals surface area (Å²) in [4.78, 5) is 23.3. The molecule has 2 aromatic carbocycles.